The predicted molar refractivity (Wildman–Crippen MR) is 82.9 cm³/mol. The predicted octanol–water partition coefficient (Wildman–Crippen LogP) is 2.34. The fourth-order valence-corrected chi connectivity index (χ4v) is 2.69. The summed E-state index contributed by atoms with van der Waals surface area (Å²) in [6.45, 7) is 4.91. The average Bonchev–Trinajstić information content (AvgIpc) is 2.40. The van der Waals surface area contributed by atoms with Crippen molar-refractivity contribution in [2.75, 3.05) is 25.0 Å². The molecule has 1 aromatic carbocycles. The summed E-state index contributed by atoms with van der Waals surface area (Å²) in [5.41, 5.74) is 6.74. The second-order valence-corrected chi connectivity index (χ2v) is 5.98. The summed E-state index contributed by atoms with van der Waals surface area (Å²) < 4.78 is 0. The summed E-state index contributed by atoms with van der Waals surface area (Å²) >= 11 is 5.89. The minimum Gasteiger partial charge on any atom is -0.327 e. The number of carbonyl (C=O) groups is 1. The first kappa shape index (κ1) is 15.3. The van der Waals surface area contributed by atoms with Crippen LogP contribution in [0.4, 0.5) is 5.69 Å². The lowest BCUT2D eigenvalue weighted by Crippen LogP contribution is -2.46. The molecule has 5 heteroatoms. The van der Waals surface area contributed by atoms with E-state index in [2.05, 4.69) is 17.1 Å². The van der Waals surface area contributed by atoms with Crippen molar-refractivity contribution >= 4 is 23.2 Å². The summed E-state index contributed by atoms with van der Waals surface area (Å²) in [4.78, 5) is 14.2. The number of nitrogens with zero attached hydrogens (tertiary/aromatic N) is 1. The Bertz CT molecular complexity index is 466. The van der Waals surface area contributed by atoms with Crippen molar-refractivity contribution in [3.05, 3.63) is 29.3 Å². The molecular formula is C15H22ClN3O. The first-order valence-corrected chi connectivity index (χ1v) is 7.46. The largest absolute Gasteiger partial charge is 0.327 e. The van der Waals surface area contributed by atoms with Gasteiger partial charge < -0.3 is 16.0 Å². The quantitative estimate of drug-likeness (QED) is 0.896. The zero-order chi connectivity index (χ0) is 14.5. The molecule has 1 aliphatic heterocycles. The van der Waals surface area contributed by atoms with Crippen LogP contribution in [-0.2, 0) is 4.79 Å². The van der Waals surface area contributed by atoms with Gasteiger partial charge in [0.25, 0.3) is 0 Å². The highest BCUT2D eigenvalue weighted by Gasteiger charge is 2.23. The second-order valence-electron chi connectivity index (χ2n) is 5.54. The van der Waals surface area contributed by atoms with Crippen molar-refractivity contribution in [3.63, 3.8) is 0 Å². The molecule has 20 heavy (non-hydrogen) atoms. The number of hydrogen-bond donors (Lipinski definition) is 2. The van der Waals surface area contributed by atoms with Gasteiger partial charge in [-0.15, -0.1) is 0 Å². The highest BCUT2D eigenvalue weighted by atomic mass is 35.5. The van der Waals surface area contributed by atoms with E-state index in [0.29, 0.717) is 23.4 Å². The monoisotopic (exact) mass is 295 g/mol. The Hall–Kier alpha value is -1.10. The normalized spacial score (nSPS) is 23.6. The van der Waals surface area contributed by atoms with Gasteiger partial charge in [0.15, 0.2) is 0 Å². The number of nitrogens with two attached hydrogens (primary N) is 1. The number of piperidine rings is 1. The van der Waals surface area contributed by atoms with Gasteiger partial charge in [-0.3, -0.25) is 4.79 Å². The molecule has 2 unspecified atom stereocenters. The maximum Gasteiger partial charge on any atom is 0.225 e. The number of nitrogens with one attached hydrogen (secondary N) is 1. The van der Waals surface area contributed by atoms with Gasteiger partial charge in [0, 0.05) is 36.3 Å². The molecule has 110 valence electrons. The average molecular weight is 296 g/mol. The van der Waals surface area contributed by atoms with Crippen LogP contribution < -0.4 is 11.1 Å². The molecular weight excluding hydrogens is 274 g/mol. The van der Waals surface area contributed by atoms with Crippen LogP contribution >= 0.6 is 11.6 Å². The number of hydrogen-bond acceptors (Lipinski definition) is 3. The van der Waals surface area contributed by atoms with Crippen molar-refractivity contribution in [2.24, 2.45) is 11.7 Å². The highest BCUT2D eigenvalue weighted by Crippen LogP contribution is 2.16. The molecule has 3 N–H and O–H groups in total. The topological polar surface area (TPSA) is 58.4 Å². The summed E-state index contributed by atoms with van der Waals surface area (Å²) in [6, 6.07) is 7.50. The molecule has 0 spiro atoms. The van der Waals surface area contributed by atoms with Gasteiger partial charge in [-0.2, -0.15) is 0 Å². The Morgan fingerprint density at radius 1 is 1.55 bits per heavy atom. The van der Waals surface area contributed by atoms with Crippen LogP contribution in [0.25, 0.3) is 0 Å². The molecule has 2 rings (SSSR count). The lowest BCUT2D eigenvalue weighted by Gasteiger charge is -2.34. The van der Waals surface area contributed by atoms with Gasteiger partial charge in [-0.1, -0.05) is 24.6 Å². The van der Waals surface area contributed by atoms with Gasteiger partial charge >= 0.3 is 0 Å². The van der Waals surface area contributed by atoms with E-state index < -0.39 is 0 Å². The number of anilines is 1. The molecule has 1 heterocycles. The number of likely N-dealkylation sites (tertiary alicyclic amines) is 1. The summed E-state index contributed by atoms with van der Waals surface area (Å²) in [5, 5.41) is 3.49. The zero-order valence-corrected chi connectivity index (χ0v) is 12.6. The van der Waals surface area contributed by atoms with Crippen molar-refractivity contribution in [3.8, 4) is 0 Å². The Kier molecular flexibility index (Phi) is 5.40. The fourth-order valence-electron chi connectivity index (χ4n) is 2.50. The zero-order valence-electron chi connectivity index (χ0n) is 11.8. The molecule has 1 fully saturated rings. The van der Waals surface area contributed by atoms with Crippen molar-refractivity contribution < 1.29 is 4.79 Å². The van der Waals surface area contributed by atoms with Crippen LogP contribution in [0.15, 0.2) is 24.3 Å². The number of rotatable bonds is 4. The van der Waals surface area contributed by atoms with E-state index >= 15 is 0 Å². The highest BCUT2D eigenvalue weighted by molar-refractivity contribution is 6.30. The van der Waals surface area contributed by atoms with Gasteiger partial charge in [0.2, 0.25) is 5.91 Å². The lowest BCUT2D eigenvalue weighted by atomic mass is 9.95. The molecule has 0 aliphatic carbocycles. The van der Waals surface area contributed by atoms with Gasteiger partial charge in [-0.05, 0) is 37.1 Å². The molecule has 4 nitrogen and oxygen atoms in total. The molecule has 1 amide bonds. The number of benzene rings is 1. The second kappa shape index (κ2) is 7.07. The first-order chi connectivity index (χ1) is 9.54. The van der Waals surface area contributed by atoms with Crippen LogP contribution in [0.1, 0.15) is 19.8 Å². The van der Waals surface area contributed by atoms with Gasteiger partial charge in [0.05, 0.1) is 0 Å². The Balaban J connectivity index is 1.75. The Morgan fingerprint density at radius 2 is 2.35 bits per heavy atom. The van der Waals surface area contributed by atoms with Crippen molar-refractivity contribution in [1.82, 2.24) is 4.90 Å². The number of amides is 1. The lowest BCUT2D eigenvalue weighted by molar-refractivity contribution is -0.116. The van der Waals surface area contributed by atoms with Crippen LogP contribution in [0.5, 0.6) is 0 Å². The van der Waals surface area contributed by atoms with Gasteiger partial charge in [0.1, 0.15) is 0 Å². The summed E-state index contributed by atoms with van der Waals surface area (Å²) in [7, 11) is 0. The fraction of sp³-hybridized carbons (Fsp3) is 0.533. The third kappa shape index (κ3) is 4.47. The molecule has 0 aromatic heterocycles. The SMILES string of the molecule is CC1CN(CCC(=O)Nc2cccc(Cl)c2)CCC1N. The van der Waals surface area contributed by atoms with E-state index in [0.717, 1.165) is 31.7 Å². The van der Waals surface area contributed by atoms with Crippen LogP contribution in [0, 0.1) is 5.92 Å². The third-order valence-electron chi connectivity index (χ3n) is 3.82. The van der Waals surface area contributed by atoms with E-state index in [4.69, 9.17) is 17.3 Å². The summed E-state index contributed by atoms with van der Waals surface area (Å²) in [6.07, 6.45) is 1.51. The van der Waals surface area contributed by atoms with E-state index in [1.165, 1.54) is 0 Å². The van der Waals surface area contributed by atoms with E-state index in [-0.39, 0.29) is 5.91 Å². The standard InChI is InChI=1S/C15H22ClN3O/c1-11-10-19(7-5-14(11)17)8-6-15(20)18-13-4-2-3-12(16)9-13/h2-4,9,11,14H,5-8,10,17H2,1H3,(H,18,20). The van der Waals surface area contributed by atoms with Crippen LogP contribution in [-0.4, -0.2) is 36.5 Å². The summed E-state index contributed by atoms with van der Waals surface area (Å²) in [5.74, 6) is 0.523. The third-order valence-corrected chi connectivity index (χ3v) is 4.05. The van der Waals surface area contributed by atoms with Crippen molar-refractivity contribution in [2.45, 2.75) is 25.8 Å². The molecule has 1 saturated heterocycles. The van der Waals surface area contributed by atoms with Crippen LogP contribution in [0.3, 0.4) is 0 Å². The van der Waals surface area contributed by atoms with Crippen LogP contribution in [0.2, 0.25) is 5.02 Å². The Morgan fingerprint density at radius 3 is 3.05 bits per heavy atom. The molecule has 2 atom stereocenters. The smallest absolute Gasteiger partial charge is 0.225 e. The number of halogens is 1. The minimum atomic E-state index is 0.0230. The first-order valence-electron chi connectivity index (χ1n) is 7.08. The molecule has 0 bridgehead atoms. The Labute approximate surface area is 125 Å². The van der Waals surface area contributed by atoms with E-state index in [1.807, 2.05) is 12.1 Å². The van der Waals surface area contributed by atoms with E-state index in [9.17, 15) is 4.79 Å². The molecule has 0 saturated carbocycles. The molecule has 0 radical (unpaired) electrons. The number of carbonyl (C=O) groups excluding carboxylic acids is 1. The molecule has 1 aliphatic rings. The maximum atomic E-state index is 11.9. The van der Waals surface area contributed by atoms with Crippen molar-refractivity contribution in [1.29, 1.82) is 0 Å². The van der Waals surface area contributed by atoms with Gasteiger partial charge in [-0.25, -0.2) is 0 Å². The molecule has 1 aromatic rings. The van der Waals surface area contributed by atoms with E-state index in [1.54, 1.807) is 12.1 Å². The maximum absolute atomic E-state index is 11.9. The minimum absolute atomic E-state index is 0.0230.